The minimum Gasteiger partial charge on any atom is -0.359 e. The van der Waals surface area contributed by atoms with E-state index in [-0.39, 0.29) is 5.82 Å². The van der Waals surface area contributed by atoms with Gasteiger partial charge in [0.1, 0.15) is 5.82 Å². The maximum atomic E-state index is 13.0. The van der Waals surface area contributed by atoms with Crippen LogP contribution in [0.4, 0.5) is 10.1 Å². The number of benzene rings is 2. The number of anilines is 1. The second kappa shape index (κ2) is 6.07. The fraction of sp³-hybridized carbons (Fsp3) is 0.263. The lowest BCUT2D eigenvalue weighted by molar-refractivity contribution is 0.369. The molecule has 0 fully saturated rings. The van der Waals surface area contributed by atoms with Crippen LogP contribution in [0.3, 0.4) is 0 Å². The van der Waals surface area contributed by atoms with Gasteiger partial charge in [-0.25, -0.2) is 4.39 Å². The maximum Gasteiger partial charge on any atom is 0.246 e. The van der Waals surface area contributed by atoms with Crippen LogP contribution in [-0.4, -0.2) is 16.2 Å². The highest BCUT2D eigenvalue weighted by Crippen LogP contribution is 2.31. The van der Waals surface area contributed by atoms with Gasteiger partial charge in [0.05, 0.1) is 6.54 Å². The summed E-state index contributed by atoms with van der Waals surface area (Å²) in [4.78, 5) is 6.78. The Bertz CT molecular complexity index is 844. The molecule has 4 rings (SSSR count). The molecule has 1 aromatic heterocycles. The third kappa shape index (κ3) is 2.77. The van der Waals surface area contributed by atoms with Gasteiger partial charge in [0.15, 0.2) is 0 Å². The van der Waals surface area contributed by atoms with E-state index in [2.05, 4.69) is 46.2 Å². The summed E-state index contributed by atoms with van der Waals surface area (Å²) >= 11 is 0. The lowest BCUT2D eigenvalue weighted by Gasteiger charge is -2.36. The fourth-order valence-electron chi connectivity index (χ4n) is 3.18. The lowest BCUT2D eigenvalue weighted by atomic mass is 9.97. The van der Waals surface area contributed by atoms with E-state index in [9.17, 15) is 4.39 Å². The number of aryl methyl sites for hydroxylation is 1. The Morgan fingerprint density at radius 2 is 1.96 bits per heavy atom. The standard InChI is InChI=1S/C19H18FN3O/c1-13-6-7-14-4-2-3-5-17(14)23(13)12-18-21-19(22-24-18)15-8-10-16(20)11-9-15/h2-5,8-11,13H,6-7,12H2,1H3. The van der Waals surface area contributed by atoms with Gasteiger partial charge in [-0.3, -0.25) is 0 Å². The zero-order valence-corrected chi connectivity index (χ0v) is 13.4. The van der Waals surface area contributed by atoms with Gasteiger partial charge in [0.25, 0.3) is 0 Å². The van der Waals surface area contributed by atoms with E-state index in [1.165, 1.54) is 23.4 Å². The molecule has 0 saturated carbocycles. The van der Waals surface area contributed by atoms with Crippen molar-refractivity contribution in [1.29, 1.82) is 0 Å². The van der Waals surface area contributed by atoms with E-state index in [0.717, 1.165) is 18.4 Å². The Morgan fingerprint density at radius 3 is 2.79 bits per heavy atom. The zero-order chi connectivity index (χ0) is 16.5. The number of nitrogens with zero attached hydrogens (tertiary/aromatic N) is 3. The number of halogens is 1. The van der Waals surface area contributed by atoms with Crippen LogP contribution in [0.25, 0.3) is 11.4 Å². The first kappa shape index (κ1) is 14.9. The number of hydrogen-bond acceptors (Lipinski definition) is 4. The third-order valence-electron chi connectivity index (χ3n) is 4.54. The zero-order valence-electron chi connectivity index (χ0n) is 13.4. The summed E-state index contributed by atoms with van der Waals surface area (Å²) < 4.78 is 18.4. The monoisotopic (exact) mass is 323 g/mol. The van der Waals surface area contributed by atoms with Gasteiger partial charge in [0.2, 0.25) is 11.7 Å². The molecule has 1 atom stereocenters. The van der Waals surface area contributed by atoms with Gasteiger partial charge in [0, 0.05) is 17.3 Å². The van der Waals surface area contributed by atoms with Crippen molar-refractivity contribution in [1.82, 2.24) is 10.1 Å². The highest BCUT2D eigenvalue weighted by atomic mass is 19.1. The minimum absolute atomic E-state index is 0.277. The topological polar surface area (TPSA) is 42.2 Å². The van der Waals surface area contributed by atoms with Crippen LogP contribution in [0.2, 0.25) is 0 Å². The summed E-state index contributed by atoms with van der Waals surface area (Å²) in [5, 5.41) is 4.03. The predicted molar refractivity (Wildman–Crippen MR) is 90.1 cm³/mol. The first-order chi connectivity index (χ1) is 11.7. The molecule has 1 aliphatic rings. The smallest absolute Gasteiger partial charge is 0.246 e. The molecular formula is C19H18FN3O. The van der Waals surface area contributed by atoms with E-state index in [4.69, 9.17) is 4.52 Å². The number of aromatic nitrogens is 2. The first-order valence-corrected chi connectivity index (χ1v) is 8.14. The lowest BCUT2D eigenvalue weighted by Crippen LogP contribution is -2.36. The maximum absolute atomic E-state index is 13.0. The molecular weight excluding hydrogens is 305 g/mol. The SMILES string of the molecule is CC1CCc2ccccc2N1Cc1nc(-c2ccc(F)cc2)no1. The molecule has 122 valence electrons. The molecule has 2 heterocycles. The first-order valence-electron chi connectivity index (χ1n) is 8.14. The van der Waals surface area contributed by atoms with E-state index in [1.807, 2.05) is 0 Å². The van der Waals surface area contributed by atoms with Gasteiger partial charge in [-0.15, -0.1) is 0 Å². The van der Waals surface area contributed by atoms with Gasteiger partial charge in [-0.2, -0.15) is 4.98 Å². The number of rotatable bonds is 3. The number of para-hydroxylation sites is 1. The largest absolute Gasteiger partial charge is 0.359 e. The number of fused-ring (bicyclic) bond motifs is 1. The molecule has 1 aliphatic heterocycles. The van der Waals surface area contributed by atoms with Gasteiger partial charge >= 0.3 is 0 Å². The molecule has 1 unspecified atom stereocenters. The van der Waals surface area contributed by atoms with Crippen LogP contribution >= 0.6 is 0 Å². The van der Waals surface area contributed by atoms with E-state index >= 15 is 0 Å². The Kier molecular flexibility index (Phi) is 3.76. The highest BCUT2D eigenvalue weighted by molar-refractivity contribution is 5.57. The van der Waals surface area contributed by atoms with Crippen LogP contribution in [-0.2, 0) is 13.0 Å². The van der Waals surface area contributed by atoms with Crippen molar-refractivity contribution in [3.8, 4) is 11.4 Å². The van der Waals surface area contributed by atoms with Crippen LogP contribution in [0.5, 0.6) is 0 Å². The molecule has 0 N–H and O–H groups in total. The van der Waals surface area contributed by atoms with Crippen molar-refractivity contribution in [3.63, 3.8) is 0 Å². The van der Waals surface area contributed by atoms with E-state index < -0.39 is 0 Å². The summed E-state index contributed by atoms with van der Waals surface area (Å²) in [6.07, 6.45) is 2.20. The van der Waals surface area contributed by atoms with Crippen molar-refractivity contribution in [2.45, 2.75) is 32.4 Å². The summed E-state index contributed by atoms with van der Waals surface area (Å²) in [5.74, 6) is 0.780. The van der Waals surface area contributed by atoms with Crippen molar-refractivity contribution < 1.29 is 8.91 Å². The fourth-order valence-corrected chi connectivity index (χ4v) is 3.18. The van der Waals surface area contributed by atoms with Crippen LogP contribution in [0.1, 0.15) is 24.8 Å². The summed E-state index contributed by atoms with van der Waals surface area (Å²) in [6.45, 7) is 2.79. The average molecular weight is 323 g/mol. The van der Waals surface area contributed by atoms with Crippen molar-refractivity contribution in [2.75, 3.05) is 4.90 Å². The Morgan fingerprint density at radius 1 is 1.17 bits per heavy atom. The van der Waals surface area contributed by atoms with Crippen LogP contribution < -0.4 is 4.90 Å². The molecule has 4 nitrogen and oxygen atoms in total. The average Bonchev–Trinajstić information content (AvgIpc) is 3.07. The Balaban J connectivity index is 1.59. The van der Waals surface area contributed by atoms with E-state index in [0.29, 0.717) is 24.3 Å². The molecule has 0 bridgehead atoms. The second-order valence-electron chi connectivity index (χ2n) is 6.16. The Hall–Kier alpha value is -2.69. The predicted octanol–water partition coefficient (Wildman–Crippen LogP) is 4.22. The highest BCUT2D eigenvalue weighted by Gasteiger charge is 2.24. The molecule has 24 heavy (non-hydrogen) atoms. The van der Waals surface area contributed by atoms with Gasteiger partial charge in [-0.1, -0.05) is 23.4 Å². The van der Waals surface area contributed by atoms with Crippen molar-refractivity contribution in [2.24, 2.45) is 0 Å². The van der Waals surface area contributed by atoms with E-state index in [1.54, 1.807) is 12.1 Å². The summed E-state index contributed by atoms with van der Waals surface area (Å²) in [6, 6.07) is 15.0. The van der Waals surface area contributed by atoms with Gasteiger partial charge in [-0.05, 0) is 55.7 Å². The third-order valence-corrected chi connectivity index (χ3v) is 4.54. The molecule has 3 aromatic rings. The summed E-state index contributed by atoms with van der Waals surface area (Å²) in [7, 11) is 0. The normalized spacial score (nSPS) is 16.9. The molecule has 0 amide bonds. The van der Waals surface area contributed by atoms with Crippen LogP contribution in [0, 0.1) is 5.82 Å². The quantitative estimate of drug-likeness (QED) is 0.724. The molecule has 0 aliphatic carbocycles. The summed E-state index contributed by atoms with van der Waals surface area (Å²) in [5.41, 5.74) is 3.34. The molecule has 2 aromatic carbocycles. The van der Waals surface area contributed by atoms with Gasteiger partial charge < -0.3 is 9.42 Å². The number of hydrogen-bond donors (Lipinski definition) is 0. The van der Waals surface area contributed by atoms with Crippen molar-refractivity contribution in [3.05, 3.63) is 65.8 Å². The molecule has 0 saturated heterocycles. The minimum atomic E-state index is -0.277. The van der Waals surface area contributed by atoms with Crippen molar-refractivity contribution >= 4 is 5.69 Å². The second-order valence-corrected chi connectivity index (χ2v) is 6.16. The molecule has 0 spiro atoms. The van der Waals surface area contributed by atoms with Crippen LogP contribution in [0.15, 0.2) is 53.1 Å². The Labute approximate surface area is 139 Å². The molecule has 0 radical (unpaired) electrons. The molecule has 5 heteroatoms.